The highest BCUT2D eigenvalue weighted by Crippen LogP contribution is 2.08. The second kappa shape index (κ2) is 6.20. The number of nitrogens with zero attached hydrogens (tertiary/aromatic N) is 1. The van der Waals surface area contributed by atoms with Gasteiger partial charge in [-0.05, 0) is 19.3 Å². The summed E-state index contributed by atoms with van der Waals surface area (Å²) in [6, 6.07) is 0.645. The molecule has 0 radical (unpaired) electrons. The molecule has 1 saturated heterocycles. The van der Waals surface area contributed by atoms with Crippen LogP contribution in [0.15, 0.2) is 10.9 Å². The standard InChI is InChI=1S/C11H18N2OS/c1-2-10(4-7-14-6-1)12-5-3-11-8-15-9-13-11/h8-10,12H,1-7H2. The van der Waals surface area contributed by atoms with Crippen LogP contribution in [0, 0.1) is 0 Å². The zero-order valence-corrected chi connectivity index (χ0v) is 9.76. The van der Waals surface area contributed by atoms with Gasteiger partial charge in [-0.1, -0.05) is 0 Å². The van der Waals surface area contributed by atoms with E-state index in [1.165, 1.54) is 18.5 Å². The minimum Gasteiger partial charge on any atom is -0.381 e. The highest BCUT2D eigenvalue weighted by Gasteiger charge is 2.11. The normalized spacial score (nSPS) is 22.5. The monoisotopic (exact) mass is 226 g/mol. The van der Waals surface area contributed by atoms with E-state index in [1.807, 2.05) is 5.51 Å². The second-order valence-electron chi connectivity index (χ2n) is 3.92. The minimum absolute atomic E-state index is 0.645. The molecular formula is C11H18N2OS. The zero-order chi connectivity index (χ0) is 10.3. The van der Waals surface area contributed by atoms with E-state index >= 15 is 0 Å². The van der Waals surface area contributed by atoms with Crippen molar-refractivity contribution < 1.29 is 4.74 Å². The summed E-state index contributed by atoms with van der Waals surface area (Å²) in [6.07, 6.45) is 4.63. The molecule has 1 aromatic heterocycles. The van der Waals surface area contributed by atoms with Crippen molar-refractivity contribution in [3.63, 3.8) is 0 Å². The molecule has 2 rings (SSSR count). The molecule has 0 spiro atoms. The van der Waals surface area contributed by atoms with E-state index in [9.17, 15) is 0 Å². The van der Waals surface area contributed by atoms with E-state index in [4.69, 9.17) is 4.74 Å². The van der Waals surface area contributed by atoms with Gasteiger partial charge in [-0.3, -0.25) is 0 Å². The van der Waals surface area contributed by atoms with Crippen molar-refractivity contribution in [1.82, 2.24) is 10.3 Å². The Hall–Kier alpha value is -0.450. The summed E-state index contributed by atoms with van der Waals surface area (Å²) < 4.78 is 5.43. The van der Waals surface area contributed by atoms with Crippen LogP contribution in [0.5, 0.6) is 0 Å². The maximum Gasteiger partial charge on any atom is 0.0794 e. The molecule has 15 heavy (non-hydrogen) atoms. The molecule has 1 N–H and O–H groups in total. The summed E-state index contributed by atoms with van der Waals surface area (Å²) in [4.78, 5) is 4.27. The van der Waals surface area contributed by atoms with Crippen LogP contribution in [-0.4, -0.2) is 30.8 Å². The highest BCUT2D eigenvalue weighted by molar-refractivity contribution is 7.07. The maximum atomic E-state index is 5.43. The number of nitrogens with one attached hydrogen (secondary N) is 1. The minimum atomic E-state index is 0.645. The van der Waals surface area contributed by atoms with Crippen LogP contribution in [0.2, 0.25) is 0 Å². The van der Waals surface area contributed by atoms with Gasteiger partial charge in [-0.25, -0.2) is 4.98 Å². The Morgan fingerprint density at radius 2 is 2.47 bits per heavy atom. The molecule has 1 aliphatic heterocycles. The van der Waals surface area contributed by atoms with Crippen molar-refractivity contribution in [2.75, 3.05) is 19.8 Å². The average Bonchev–Trinajstić information content (AvgIpc) is 2.62. The fourth-order valence-corrected chi connectivity index (χ4v) is 2.47. The van der Waals surface area contributed by atoms with Crippen LogP contribution >= 0.6 is 11.3 Å². The van der Waals surface area contributed by atoms with Gasteiger partial charge in [0, 0.05) is 37.6 Å². The lowest BCUT2D eigenvalue weighted by Gasteiger charge is -2.14. The van der Waals surface area contributed by atoms with Crippen molar-refractivity contribution in [3.05, 3.63) is 16.6 Å². The van der Waals surface area contributed by atoms with Gasteiger partial charge in [0.05, 0.1) is 11.2 Å². The summed E-state index contributed by atoms with van der Waals surface area (Å²) in [5.74, 6) is 0. The first-order valence-electron chi connectivity index (χ1n) is 5.63. The van der Waals surface area contributed by atoms with Crippen LogP contribution in [-0.2, 0) is 11.2 Å². The third kappa shape index (κ3) is 3.89. The lowest BCUT2D eigenvalue weighted by molar-refractivity contribution is 0.142. The van der Waals surface area contributed by atoms with E-state index in [1.54, 1.807) is 11.3 Å². The summed E-state index contributed by atoms with van der Waals surface area (Å²) >= 11 is 1.67. The van der Waals surface area contributed by atoms with E-state index < -0.39 is 0 Å². The number of hydrogen-bond acceptors (Lipinski definition) is 4. The van der Waals surface area contributed by atoms with Gasteiger partial charge < -0.3 is 10.1 Å². The highest BCUT2D eigenvalue weighted by atomic mass is 32.1. The number of hydrogen-bond donors (Lipinski definition) is 1. The van der Waals surface area contributed by atoms with Crippen molar-refractivity contribution in [1.29, 1.82) is 0 Å². The van der Waals surface area contributed by atoms with E-state index in [-0.39, 0.29) is 0 Å². The Labute approximate surface area is 94.9 Å². The molecular weight excluding hydrogens is 208 g/mol. The number of rotatable bonds is 4. The number of ether oxygens (including phenoxy) is 1. The number of aromatic nitrogens is 1. The third-order valence-corrected chi connectivity index (χ3v) is 3.38. The Balaban J connectivity index is 1.64. The van der Waals surface area contributed by atoms with Crippen LogP contribution in [0.1, 0.15) is 25.0 Å². The molecule has 1 fully saturated rings. The number of thiazole rings is 1. The Kier molecular flexibility index (Phi) is 4.57. The molecule has 0 amide bonds. The first-order chi connectivity index (χ1) is 7.45. The van der Waals surface area contributed by atoms with Crippen LogP contribution < -0.4 is 5.32 Å². The van der Waals surface area contributed by atoms with Gasteiger partial charge in [-0.15, -0.1) is 11.3 Å². The van der Waals surface area contributed by atoms with Crippen LogP contribution in [0.3, 0.4) is 0 Å². The van der Waals surface area contributed by atoms with E-state index in [0.717, 1.165) is 32.6 Å². The van der Waals surface area contributed by atoms with Gasteiger partial charge in [-0.2, -0.15) is 0 Å². The van der Waals surface area contributed by atoms with Gasteiger partial charge in [0.1, 0.15) is 0 Å². The van der Waals surface area contributed by atoms with Crippen molar-refractivity contribution in [3.8, 4) is 0 Å². The lowest BCUT2D eigenvalue weighted by atomic mass is 10.1. The van der Waals surface area contributed by atoms with Crippen molar-refractivity contribution >= 4 is 11.3 Å². The van der Waals surface area contributed by atoms with Crippen molar-refractivity contribution in [2.45, 2.75) is 31.7 Å². The van der Waals surface area contributed by atoms with Gasteiger partial charge in [0.2, 0.25) is 0 Å². The molecule has 0 saturated carbocycles. The Morgan fingerprint density at radius 3 is 3.33 bits per heavy atom. The third-order valence-electron chi connectivity index (χ3n) is 2.75. The fourth-order valence-electron chi connectivity index (χ4n) is 1.87. The van der Waals surface area contributed by atoms with E-state index in [2.05, 4.69) is 15.7 Å². The van der Waals surface area contributed by atoms with E-state index in [0.29, 0.717) is 6.04 Å². The SMILES string of the molecule is c1nc(CCNC2CCCOCC2)cs1. The second-order valence-corrected chi connectivity index (χ2v) is 4.64. The van der Waals surface area contributed by atoms with Gasteiger partial charge >= 0.3 is 0 Å². The fraction of sp³-hybridized carbons (Fsp3) is 0.727. The molecule has 1 aromatic rings. The molecule has 4 heteroatoms. The smallest absolute Gasteiger partial charge is 0.0794 e. The molecule has 84 valence electrons. The summed E-state index contributed by atoms with van der Waals surface area (Å²) in [6.45, 7) is 2.88. The molecule has 1 atom stereocenters. The lowest BCUT2D eigenvalue weighted by Crippen LogP contribution is -2.31. The molecule has 1 unspecified atom stereocenters. The first kappa shape index (κ1) is 11.0. The quantitative estimate of drug-likeness (QED) is 0.850. The first-order valence-corrected chi connectivity index (χ1v) is 6.57. The Morgan fingerprint density at radius 1 is 1.47 bits per heavy atom. The molecule has 3 nitrogen and oxygen atoms in total. The topological polar surface area (TPSA) is 34.2 Å². The molecule has 0 aromatic carbocycles. The average molecular weight is 226 g/mol. The molecule has 1 aliphatic rings. The summed E-state index contributed by atoms with van der Waals surface area (Å²) in [5.41, 5.74) is 3.10. The predicted octanol–water partition coefficient (Wildman–Crippen LogP) is 1.84. The summed E-state index contributed by atoms with van der Waals surface area (Å²) in [5, 5.41) is 5.71. The molecule has 0 bridgehead atoms. The molecule has 0 aliphatic carbocycles. The molecule has 2 heterocycles. The predicted molar refractivity (Wildman–Crippen MR) is 62.3 cm³/mol. The zero-order valence-electron chi connectivity index (χ0n) is 8.95. The maximum absolute atomic E-state index is 5.43. The van der Waals surface area contributed by atoms with Gasteiger partial charge in [0.15, 0.2) is 0 Å². The van der Waals surface area contributed by atoms with Crippen LogP contribution in [0.25, 0.3) is 0 Å². The van der Waals surface area contributed by atoms with Crippen LogP contribution in [0.4, 0.5) is 0 Å². The summed E-state index contributed by atoms with van der Waals surface area (Å²) in [7, 11) is 0. The largest absolute Gasteiger partial charge is 0.381 e. The Bertz CT molecular complexity index is 256. The van der Waals surface area contributed by atoms with Crippen molar-refractivity contribution in [2.24, 2.45) is 0 Å². The van der Waals surface area contributed by atoms with Gasteiger partial charge in [0.25, 0.3) is 0 Å².